The number of phenolic OH excluding ortho intramolecular Hbond substituents is 1. The monoisotopic (exact) mass is 563 g/mol. The van der Waals surface area contributed by atoms with E-state index >= 15 is 4.39 Å². The highest BCUT2D eigenvalue weighted by Crippen LogP contribution is 2.47. The van der Waals surface area contributed by atoms with E-state index in [9.17, 15) is 10.2 Å². The quantitative estimate of drug-likeness (QED) is 0.397. The molecule has 9 heteroatoms. The minimum absolute atomic E-state index is 0.0515. The molecule has 3 unspecified atom stereocenters. The third kappa shape index (κ3) is 5.23. The second kappa shape index (κ2) is 10.7. The van der Waals surface area contributed by atoms with Crippen LogP contribution < -0.4 is 9.64 Å². The van der Waals surface area contributed by atoms with E-state index in [2.05, 4.69) is 21.9 Å². The zero-order valence-corrected chi connectivity index (χ0v) is 24.7. The lowest BCUT2D eigenvalue weighted by molar-refractivity contribution is 0.0132. The summed E-state index contributed by atoms with van der Waals surface area (Å²) in [4.78, 5) is 18.5. The number of piperidine rings is 2. The number of pyridine rings is 1. The number of anilines is 1. The Morgan fingerprint density at radius 1 is 1.12 bits per heavy atom. The Morgan fingerprint density at radius 3 is 2.68 bits per heavy atom. The van der Waals surface area contributed by atoms with Crippen LogP contribution in [-0.2, 0) is 0 Å². The number of fused-ring (bicyclic) bond motifs is 2. The summed E-state index contributed by atoms with van der Waals surface area (Å²) in [6.07, 6.45) is 8.79. The fourth-order valence-electron chi connectivity index (χ4n) is 7.55. The van der Waals surface area contributed by atoms with Crippen molar-refractivity contribution in [2.24, 2.45) is 5.41 Å². The van der Waals surface area contributed by atoms with Gasteiger partial charge in [-0.25, -0.2) is 4.39 Å². The van der Waals surface area contributed by atoms with Gasteiger partial charge in [0.05, 0.1) is 17.6 Å². The van der Waals surface area contributed by atoms with Crippen molar-refractivity contribution in [1.82, 2.24) is 19.9 Å². The van der Waals surface area contributed by atoms with E-state index in [4.69, 9.17) is 9.72 Å². The van der Waals surface area contributed by atoms with Crippen molar-refractivity contribution >= 4 is 16.7 Å². The van der Waals surface area contributed by atoms with E-state index in [0.717, 1.165) is 44.2 Å². The molecule has 2 aromatic heterocycles. The number of β-amino-alcohol motifs (C(OH)–C–C–N with tert-alkyl or cyclic N) is 1. The van der Waals surface area contributed by atoms with E-state index in [-0.39, 0.29) is 34.3 Å². The summed E-state index contributed by atoms with van der Waals surface area (Å²) >= 11 is 0. The Hall–Kier alpha value is -3.04. The lowest BCUT2D eigenvalue weighted by Gasteiger charge is -2.44. The van der Waals surface area contributed by atoms with Gasteiger partial charge in [0.15, 0.2) is 5.82 Å². The van der Waals surface area contributed by atoms with Gasteiger partial charge in [0.1, 0.15) is 22.8 Å². The first-order valence-corrected chi connectivity index (χ1v) is 15.1. The summed E-state index contributed by atoms with van der Waals surface area (Å²) in [5.41, 5.74) is 0.885. The average Bonchev–Trinajstić information content (AvgIpc) is 3.37. The van der Waals surface area contributed by atoms with Crippen LogP contribution in [0.25, 0.3) is 22.2 Å². The molecule has 6 rings (SSSR count). The average molecular weight is 564 g/mol. The van der Waals surface area contributed by atoms with Gasteiger partial charge >= 0.3 is 6.01 Å². The summed E-state index contributed by atoms with van der Waals surface area (Å²) in [5, 5.41) is 21.6. The SMILES string of the molecule is CC(C)c1ccc(O)cc1-c1ncc2c(N3CCCC(C)(O)C3)nc(OCC34CCCC3N(C)CCC4)nc2c1F. The van der Waals surface area contributed by atoms with E-state index < -0.39 is 11.4 Å². The molecule has 0 spiro atoms. The first-order chi connectivity index (χ1) is 19.6. The molecule has 8 nitrogen and oxygen atoms in total. The van der Waals surface area contributed by atoms with E-state index in [0.29, 0.717) is 48.9 Å². The van der Waals surface area contributed by atoms with Gasteiger partial charge in [-0.15, -0.1) is 0 Å². The minimum atomic E-state index is -0.876. The van der Waals surface area contributed by atoms with E-state index in [1.54, 1.807) is 18.3 Å². The fourth-order valence-corrected chi connectivity index (χ4v) is 7.55. The largest absolute Gasteiger partial charge is 0.508 e. The van der Waals surface area contributed by atoms with Crippen molar-refractivity contribution < 1.29 is 19.3 Å². The zero-order chi connectivity index (χ0) is 28.9. The van der Waals surface area contributed by atoms with Gasteiger partial charge in [0.25, 0.3) is 0 Å². The summed E-state index contributed by atoms with van der Waals surface area (Å²) in [5.74, 6) is 0.118. The van der Waals surface area contributed by atoms with Crippen LogP contribution in [-0.4, -0.2) is 75.0 Å². The molecule has 0 amide bonds. The fraction of sp³-hybridized carbons (Fsp3) is 0.594. The van der Waals surface area contributed by atoms with Crippen molar-refractivity contribution in [3.8, 4) is 23.0 Å². The number of aliphatic hydroxyl groups is 1. The molecule has 3 aliphatic rings. The van der Waals surface area contributed by atoms with Crippen LogP contribution in [0.2, 0.25) is 0 Å². The smallest absolute Gasteiger partial charge is 0.319 e. The van der Waals surface area contributed by atoms with Gasteiger partial charge in [-0.05, 0) is 82.7 Å². The molecule has 0 bridgehead atoms. The van der Waals surface area contributed by atoms with E-state index in [1.807, 2.05) is 31.7 Å². The van der Waals surface area contributed by atoms with Gasteiger partial charge in [0.2, 0.25) is 0 Å². The maximum absolute atomic E-state index is 16.5. The highest BCUT2D eigenvalue weighted by atomic mass is 19.1. The molecule has 1 aliphatic carbocycles. The Labute approximate surface area is 241 Å². The second-order valence-electron chi connectivity index (χ2n) is 13.1. The normalized spacial score (nSPS) is 27.0. The number of halogens is 1. The van der Waals surface area contributed by atoms with Crippen LogP contribution in [0, 0.1) is 11.2 Å². The third-order valence-corrected chi connectivity index (χ3v) is 9.60. The number of rotatable bonds is 6. The Bertz CT molecular complexity index is 1450. The van der Waals surface area contributed by atoms with Crippen LogP contribution in [0.4, 0.5) is 10.2 Å². The highest BCUT2D eigenvalue weighted by Gasteiger charge is 2.47. The van der Waals surface area contributed by atoms with Gasteiger partial charge < -0.3 is 24.7 Å². The molecule has 3 aromatic rings. The van der Waals surface area contributed by atoms with Crippen molar-refractivity contribution in [2.75, 3.05) is 38.2 Å². The molecular weight excluding hydrogens is 521 g/mol. The number of ether oxygens (including phenoxy) is 1. The van der Waals surface area contributed by atoms with Crippen molar-refractivity contribution in [1.29, 1.82) is 0 Å². The molecule has 220 valence electrons. The van der Waals surface area contributed by atoms with Crippen LogP contribution in [0.5, 0.6) is 11.8 Å². The predicted octanol–water partition coefficient (Wildman–Crippen LogP) is 5.65. The van der Waals surface area contributed by atoms with Crippen LogP contribution in [0.3, 0.4) is 0 Å². The van der Waals surface area contributed by atoms with Crippen LogP contribution >= 0.6 is 0 Å². The van der Waals surface area contributed by atoms with Gasteiger partial charge in [-0.1, -0.05) is 26.3 Å². The number of hydrogen-bond acceptors (Lipinski definition) is 8. The molecule has 1 aromatic carbocycles. The molecule has 4 heterocycles. The number of aromatic hydroxyl groups is 1. The van der Waals surface area contributed by atoms with Crippen LogP contribution in [0.15, 0.2) is 24.4 Å². The minimum Gasteiger partial charge on any atom is -0.508 e. The van der Waals surface area contributed by atoms with Crippen molar-refractivity contribution in [3.05, 3.63) is 35.8 Å². The molecule has 0 radical (unpaired) electrons. The van der Waals surface area contributed by atoms with Gasteiger partial charge in [-0.3, -0.25) is 4.98 Å². The molecule has 2 N–H and O–H groups in total. The Morgan fingerprint density at radius 2 is 1.90 bits per heavy atom. The highest BCUT2D eigenvalue weighted by molar-refractivity contribution is 5.92. The molecule has 2 saturated heterocycles. The summed E-state index contributed by atoms with van der Waals surface area (Å²) in [7, 11) is 2.20. The molecular formula is C32H42FN5O3. The lowest BCUT2D eigenvalue weighted by atomic mass is 9.76. The van der Waals surface area contributed by atoms with Gasteiger partial charge in [0, 0.05) is 36.3 Å². The summed E-state index contributed by atoms with van der Waals surface area (Å²) in [6, 6.07) is 5.62. The summed E-state index contributed by atoms with van der Waals surface area (Å²) in [6.45, 7) is 8.55. The standard InChI is InChI=1S/C32H42FN5O3/c1-20(2)22-10-9-21(39)16-23(22)27-26(33)28-24(17-34-27)29(38-15-6-11-31(3,40)18-38)36-30(35-28)41-19-32-12-5-8-25(32)37(4)14-7-13-32/h9-10,16-17,20,25,39-40H,5-8,11-15,18-19H2,1-4H3. The summed E-state index contributed by atoms with van der Waals surface area (Å²) < 4.78 is 22.9. The zero-order valence-electron chi connectivity index (χ0n) is 24.7. The maximum atomic E-state index is 16.5. The number of likely N-dealkylation sites (tertiary alicyclic amines) is 1. The maximum Gasteiger partial charge on any atom is 0.319 e. The first-order valence-electron chi connectivity index (χ1n) is 15.1. The van der Waals surface area contributed by atoms with Crippen molar-refractivity contribution in [3.63, 3.8) is 0 Å². The van der Waals surface area contributed by atoms with E-state index in [1.165, 1.54) is 6.42 Å². The third-order valence-electron chi connectivity index (χ3n) is 9.60. The second-order valence-corrected chi connectivity index (χ2v) is 13.1. The molecule has 41 heavy (non-hydrogen) atoms. The van der Waals surface area contributed by atoms with Gasteiger partial charge in [-0.2, -0.15) is 9.97 Å². The lowest BCUT2D eigenvalue weighted by Crippen LogP contribution is -2.50. The number of benzene rings is 1. The molecule has 3 atom stereocenters. The number of hydrogen-bond donors (Lipinski definition) is 2. The number of nitrogens with zero attached hydrogens (tertiary/aromatic N) is 5. The van der Waals surface area contributed by atoms with Crippen LogP contribution in [0.1, 0.15) is 77.2 Å². The molecule has 2 aliphatic heterocycles. The number of phenols is 1. The first kappa shape index (κ1) is 28.1. The number of aromatic nitrogens is 3. The Kier molecular flexibility index (Phi) is 7.30. The Balaban J connectivity index is 1.45. The van der Waals surface area contributed by atoms with Crippen molar-refractivity contribution in [2.45, 2.75) is 83.3 Å². The molecule has 1 saturated carbocycles. The topological polar surface area (TPSA) is 94.8 Å². The predicted molar refractivity (Wildman–Crippen MR) is 158 cm³/mol. The molecule has 3 fully saturated rings.